The second-order valence-corrected chi connectivity index (χ2v) is 12.9. The third kappa shape index (κ3) is 18.6. The van der Waals surface area contributed by atoms with Crippen LogP contribution in [0, 0.1) is 0 Å². The van der Waals surface area contributed by atoms with Gasteiger partial charge in [0.05, 0.1) is 19.8 Å². The van der Waals surface area contributed by atoms with Gasteiger partial charge in [-0.3, -0.25) is 19.2 Å². The Morgan fingerprint density at radius 1 is 0.800 bits per heavy atom. The Labute approximate surface area is 281 Å². The summed E-state index contributed by atoms with van der Waals surface area (Å²) in [6, 6.07) is 9.79. The Morgan fingerprint density at radius 3 is 1.69 bits per heavy atom. The van der Waals surface area contributed by atoms with Crippen LogP contribution in [0.2, 0.25) is 0 Å². The molecular weight excluding hydrogens is 650 g/mol. The van der Waals surface area contributed by atoms with Crippen LogP contribution >= 0.6 is 34.4 Å². The van der Waals surface area contributed by atoms with E-state index in [4.69, 9.17) is 58.1 Å². The van der Waals surface area contributed by atoms with Gasteiger partial charge in [0, 0.05) is 38.5 Å². The summed E-state index contributed by atoms with van der Waals surface area (Å²) in [4.78, 5) is 44.9. The van der Waals surface area contributed by atoms with Crippen molar-refractivity contribution in [1.82, 2.24) is 0 Å². The molecule has 1 aromatic rings. The highest BCUT2D eigenvalue weighted by molar-refractivity contribution is 7.54. The van der Waals surface area contributed by atoms with Crippen molar-refractivity contribution in [2.24, 2.45) is 0 Å². The summed E-state index contributed by atoms with van der Waals surface area (Å²) in [7, 11) is 0. The second-order valence-electron chi connectivity index (χ2n) is 10.9. The van der Waals surface area contributed by atoms with Gasteiger partial charge in [0.1, 0.15) is 13.2 Å². The quantitative estimate of drug-likeness (QED) is 0.0860. The van der Waals surface area contributed by atoms with Gasteiger partial charge in [0.15, 0.2) is 11.2 Å². The molecule has 0 spiro atoms. The highest BCUT2D eigenvalue weighted by Gasteiger charge is 2.42. The maximum atomic E-state index is 11.8. The van der Waals surface area contributed by atoms with E-state index >= 15 is 0 Å². The normalized spacial score (nSPS) is 20.1. The predicted molar refractivity (Wildman–Crippen MR) is 173 cm³/mol. The summed E-state index contributed by atoms with van der Waals surface area (Å²) in [5.74, 6) is -1.15. The number of carbonyl (C=O) groups is 4. The van der Waals surface area contributed by atoms with Gasteiger partial charge in [-0.15, -0.1) is 0 Å². The highest BCUT2D eigenvalue weighted by atomic mass is 35.6. The van der Waals surface area contributed by atoms with Crippen LogP contribution in [0.3, 0.4) is 0 Å². The van der Waals surface area contributed by atoms with E-state index in [9.17, 15) is 24.3 Å². The fraction of sp³-hybridized carbons (Fsp3) is 0.677. The highest BCUT2D eigenvalue weighted by Crippen LogP contribution is 2.29. The minimum absolute atomic E-state index is 0.0415. The van der Waals surface area contributed by atoms with Gasteiger partial charge in [-0.2, -0.15) is 34.4 Å². The van der Waals surface area contributed by atoms with Crippen molar-refractivity contribution in [3.05, 3.63) is 35.9 Å². The molecule has 2 heterocycles. The van der Waals surface area contributed by atoms with Gasteiger partial charge in [0.2, 0.25) is 0 Å². The molecule has 45 heavy (non-hydrogen) atoms. The zero-order chi connectivity index (χ0) is 33.6. The molecule has 2 fully saturated rings. The van der Waals surface area contributed by atoms with Crippen LogP contribution in [-0.2, 0) is 49.5 Å². The van der Waals surface area contributed by atoms with Crippen molar-refractivity contribution in [3.8, 4) is 0 Å². The van der Waals surface area contributed by atoms with E-state index in [0.717, 1.165) is 44.1 Å². The maximum Gasteiger partial charge on any atom is 0.450 e. The second kappa shape index (κ2) is 23.3. The molecule has 2 saturated heterocycles. The number of unbranched alkanes of at least 4 members (excludes halogenated alkanes) is 4. The van der Waals surface area contributed by atoms with E-state index in [1.165, 1.54) is 0 Å². The number of rotatable bonds is 17. The van der Waals surface area contributed by atoms with Crippen LogP contribution in [0.5, 0.6) is 0 Å². The average Bonchev–Trinajstić information content (AvgIpc) is 3.58. The molecule has 0 amide bonds. The lowest BCUT2D eigenvalue weighted by Crippen LogP contribution is -2.40. The molecule has 254 valence electrons. The molecule has 10 nitrogen and oxygen atoms in total. The Bertz CT molecular complexity index is 1010. The lowest BCUT2D eigenvalue weighted by molar-refractivity contribution is -0.169. The summed E-state index contributed by atoms with van der Waals surface area (Å²) >= 11 is 14.4. The molecule has 1 aromatic carbocycles. The van der Waals surface area contributed by atoms with Crippen molar-refractivity contribution < 1.29 is 48.0 Å². The number of carbonyl (C=O) groups excluding carboxylic acids is 4. The van der Waals surface area contributed by atoms with E-state index in [2.05, 4.69) is 13.8 Å². The van der Waals surface area contributed by atoms with Gasteiger partial charge in [-0.1, -0.05) is 69.9 Å². The standard InChI is InChI=1S/C19H26O5.C12H20O5.BCl3/c1-2-3-5-10-17(20)23-15-19(12-11-18(21)24-19)14-22-13-16-8-6-4-7-9-16;1-2-3-4-5-10(14)16-9-12(8-13)7-6-11(15)17-12;2-1(3)4/h4,6-9H,2-3,5,10-15H2,1H3;13H,2-9H2,1H3;. The van der Waals surface area contributed by atoms with Crippen molar-refractivity contribution in [2.45, 2.75) is 109 Å². The largest absolute Gasteiger partial charge is 0.461 e. The van der Waals surface area contributed by atoms with Gasteiger partial charge < -0.3 is 28.8 Å². The molecule has 1 N–H and O–H groups in total. The average molecular weight is 696 g/mol. The topological polar surface area (TPSA) is 135 Å². The zero-order valence-electron chi connectivity index (χ0n) is 26.2. The Balaban J connectivity index is 0.000000421. The van der Waals surface area contributed by atoms with Crippen LogP contribution in [0.15, 0.2) is 30.3 Å². The Morgan fingerprint density at radius 2 is 1.27 bits per heavy atom. The van der Waals surface area contributed by atoms with Crippen molar-refractivity contribution in [3.63, 3.8) is 0 Å². The molecule has 3 rings (SSSR count). The fourth-order valence-electron chi connectivity index (χ4n) is 4.39. The SMILES string of the molecule is CCCCCC(=O)OCC1(CO)CCC(=O)O1.CCCCCC(=O)OCC1(COCc2ccccc2)CCC(=O)O1.ClB(Cl)Cl. The molecule has 2 aliphatic heterocycles. The monoisotopic (exact) mass is 694 g/mol. The van der Waals surface area contributed by atoms with Crippen LogP contribution in [-0.4, -0.2) is 71.6 Å². The van der Waals surface area contributed by atoms with E-state index < -0.39 is 16.2 Å². The first-order valence-electron chi connectivity index (χ1n) is 15.4. The molecule has 2 aliphatic rings. The fourth-order valence-corrected chi connectivity index (χ4v) is 4.39. The molecule has 2 unspecified atom stereocenters. The maximum absolute atomic E-state index is 11.8. The van der Waals surface area contributed by atoms with Crippen molar-refractivity contribution in [2.75, 3.05) is 26.4 Å². The Hall–Kier alpha value is -2.05. The van der Waals surface area contributed by atoms with Crippen LogP contribution < -0.4 is 0 Å². The first-order chi connectivity index (χ1) is 21.5. The molecule has 0 radical (unpaired) electrons. The van der Waals surface area contributed by atoms with Gasteiger partial charge in [-0.05, 0) is 18.4 Å². The Kier molecular flexibility index (Phi) is 21.2. The molecule has 0 aromatic heterocycles. The van der Waals surface area contributed by atoms with Gasteiger partial charge in [0.25, 0.3) is 0 Å². The summed E-state index contributed by atoms with van der Waals surface area (Å²) in [5.41, 5.74) is -0.794. The first-order valence-corrected chi connectivity index (χ1v) is 16.7. The number of cyclic esters (lactones) is 2. The number of ether oxygens (including phenoxy) is 5. The third-order valence-electron chi connectivity index (χ3n) is 6.96. The number of aliphatic hydroxyl groups excluding tert-OH is 1. The van der Waals surface area contributed by atoms with Crippen LogP contribution in [0.4, 0.5) is 0 Å². The number of hydrogen-bond acceptors (Lipinski definition) is 10. The molecule has 0 saturated carbocycles. The summed E-state index contributed by atoms with van der Waals surface area (Å²) < 4.78 is 26.5. The number of aliphatic hydroxyl groups is 1. The van der Waals surface area contributed by atoms with Crippen molar-refractivity contribution in [1.29, 1.82) is 0 Å². The van der Waals surface area contributed by atoms with E-state index in [1.807, 2.05) is 30.3 Å². The number of hydrogen-bond donors (Lipinski definition) is 1. The first kappa shape index (κ1) is 41.0. The summed E-state index contributed by atoms with van der Waals surface area (Å²) in [6.45, 7) is 4.53. The van der Waals surface area contributed by atoms with Gasteiger partial charge >= 0.3 is 28.8 Å². The smallest absolute Gasteiger partial charge is 0.450 e. The minimum Gasteiger partial charge on any atom is -0.461 e. The van der Waals surface area contributed by atoms with Crippen LogP contribution in [0.25, 0.3) is 0 Å². The lowest BCUT2D eigenvalue weighted by Gasteiger charge is -2.27. The minimum atomic E-state index is -1.00. The van der Waals surface area contributed by atoms with E-state index in [0.29, 0.717) is 38.7 Å². The molecule has 2 atom stereocenters. The van der Waals surface area contributed by atoms with Crippen molar-refractivity contribution >= 4 is 63.2 Å². The summed E-state index contributed by atoms with van der Waals surface area (Å²) in [5, 5.41) is 9.19. The zero-order valence-corrected chi connectivity index (χ0v) is 28.5. The predicted octanol–water partition coefficient (Wildman–Crippen LogP) is 6.27. The molecule has 0 aliphatic carbocycles. The number of esters is 4. The van der Waals surface area contributed by atoms with Gasteiger partial charge in [-0.25, -0.2) is 0 Å². The molecule has 0 bridgehead atoms. The number of benzene rings is 1. The number of halogens is 3. The lowest BCUT2D eigenvalue weighted by atomic mass is 10.0. The molecule has 14 heteroatoms. The summed E-state index contributed by atoms with van der Waals surface area (Å²) in [6.07, 6.45) is 8.06. The van der Waals surface area contributed by atoms with E-state index in [-0.39, 0.29) is 56.7 Å². The van der Waals surface area contributed by atoms with Crippen LogP contribution in [0.1, 0.15) is 96.5 Å². The van der Waals surface area contributed by atoms with E-state index in [1.54, 1.807) is 0 Å². The third-order valence-corrected chi connectivity index (χ3v) is 6.96. The molecular formula is C31H46BCl3O10.